The normalized spacial score (nSPS) is 12.2. The molecule has 4 nitrogen and oxygen atoms in total. The predicted octanol–water partition coefficient (Wildman–Crippen LogP) is 1.87. The molecule has 0 spiro atoms. The van der Waals surface area contributed by atoms with Gasteiger partial charge in [-0.15, -0.1) is 0 Å². The van der Waals surface area contributed by atoms with Crippen molar-refractivity contribution < 1.29 is 9.53 Å². The molecule has 0 aromatic heterocycles. The van der Waals surface area contributed by atoms with Crippen LogP contribution in [0.4, 0.5) is 5.69 Å². The summed E-state index contributed by atoms with van der Waals surface area (Å²) in [6.45, 7) is 3.60. The van der Waals surface area contributed by atoms with Crippen molar-refractivity contribution in [3.05, 3.63) is 22.7 Å². The van der Waals surface area contributed by atoms with E-state index in [1.807, 2.05) is 6.92 Å². The minimum atomic E-state index is -0.664. The van der Waals surface area contributed by atoms with Gasteiger partial charge in [0.05, 0.1) is 5.69 Å². The fraction of sp³-hybridized carbons (Fsp3) is 0.364. The van der Waals surface area contributed by atoms with Gasteiger partial charge in [-0.3, -0.25) is 4.79 Å². The molecule has 0 fully saturated rings. The summed E-state index contributed by atoms with van der Waals surface area (Å²) >= 11 is 5.89. The molecular weight excluding hydrogens is 228 g/mol. The Labute approximate surface area is 99.5 Å². The lowest BCUT2D eigenvalue weighted by Crippen LogP contribution is -2.33. The van der Waals surface area contributed by atoms with Crippen molar-refractivity contribution in [2.75, 3.05) is 5.73 Å². The number of benzene rings is 1. The highest BCUT2D eigenvalue weighted by molar-refractivity contribution is 6.31. The molecule has 0 aliphatic rings. The second-order valence-corrected chi connectivity index (χ2v) is 3.91. The number of hydrogen-bond acceptors (Lipinski definition) is 3. The summed E-state index contributed by atoms with van der Waals surface area (Å²) in [5, 5.41) is 0.567. The molecule has 4 N–H and O–H groups in total. The van der Waals surface area contributed by atoms with Gasteiger partial charge in [-0.05, 0) is 31.0 Å². The van der Waals surface area contributed by atoms with Gasteiger partial charge in [-0.25, -0.2) is 0 Å². The van der Waals surface area contributed by atoms with E-state index >= 15 is 0 Å². The highest BCUT2D eigenvalue weighted by Crippen LogP contribution is 2.31. The van der Waals surface area contributed by atoms with E-state index in [-0.39, 0.29) is 0 Å². The van der Waals surface area contributed by atoms with Crippen LogP contribution in [0.25, 0.3) is 0 Å². The van der Waals surface area contributed by atoms with E-state index in [0.717, 1.165) is 5.56 Å². The van der Waals surface area contributed by atoms with Crippen LogP contribution >= 0.6 is 11.6 Å². The maximum atomic E-state index is 11.0. The van der Waals surface area contributed by atoms with Crippen molar-refractivity contribution in [3.8, 4) is 5.75 Å². The zero-order chi connectivity index (χ0) is 12.3. The fourth-order valence-electron chi connectivity index (χ4n) is 1.28. The molecule has 0 heterocycles. The monoisotopic (exact) mass is 242 g/mol. The highest BCUT2D eigenvalue weighted by atomic mass is 35.5. The molecule has 0 radical (unpaired) electrons. The Hall–Kier alpha value is -1.42. The van der Waals surface area contributed by atoms with E-state index in [0.29, 0.717) is 22.9 Å². The molecule has 0 saturated heterocycles. The zero-order valence-electron chi connectivity index (χ0n) is 9.29. The Morgan fingerprint density at radius 1 is 1.56 bits per heavy atom. The largest absolute Gasteiger partial charge is 0.478 e. The molecule has 1 aromatic carbocycles. The second kappa shape index (κ2) is 5.07. The summed E-state index contributed by atoms with van der Waals surface area (Å²) in [5.74, 6) is -0.0675. The van der Waals surface area contributed by atoms with Gasteiger partial charge in [-0.1, -0.05) is 18.5 Å². The summed E-state index contributed by atoms with van der Waals surface area (Å²) in [6.07, 6.45) is -0.168. The molecule has 5 heteroatoms. The minimum Gasteiger partial charge on any atom is -0.478 e. The first-order chi connectivity index (χ1) is 7.47. The van der Waals surface area contributed by atoms with E-state index in [1.165, 1.54) is 0 Å². The number of ether oxygens (including phenoxy) is 1. The van der Waals surface area contributed by atoms with Crippen molar-refractivity contribution >= 4 is 23.2 Å². The summed E-state index contributed by atoms with van der Waals surface area (Å²) in [7, 11) is 0. The van der Waals surface area contributed by atoms with Crippen LogP contribution in [0.3, 0.4) is 0 Å². The van der Waals surface area contributed by atoms with Gasteiger partial charge in [0, 0.05) is 5.02 Å². The lowest BCUT2D eigenvalue weighted by Gasteiger charge is -2.17. The molecule has 1 rings (SSSR count). The SMILES string of the molecule is CCC(Oc1ccc(Cl)c(C)c1N)C(N)=O. The maximum absolute atomic E-state index is 11.0. The molecule has 1 aromatic rings. The van der Waals surface area contributed by atoms with Gasteiger partial charge >= 0.3 is 0 Å². The van der Waals surface area contributed by atoms with Gasteiger partial charge in [0.2, 0.25) is 0 Å². The fourth-order valence-corrected chi connectivity index (χ4v) is 1.44. The van der Waals surface area contributed by atoms with E-state index in [1.54, 1.807) is 19.1 Å². The van der Waals surface area contributed by atoms with E-state index < -0.39 is 12.0 Å². The van der Waals surface area contributed by atoms with E-state index in [2.05, 4.69) is 0 Å². The molecule has 0 bridgehead atoms. The molecule has 0 aliphatic carbocycles. The second-order valence-electron chi connectivity index (χ2n) is 3.50. The van der Waals surface area contributed by atoms with Gasteiger partial charge < -0.3 is 16.2 Å². The first-order valence-electron chi connectivity index (χ1n) is 4.97. The van der Waals surface area contributed by atoms with Crippen LogP contribution in [0.2, 0.25) is 5.02 Å². The van der Waals surface area contributed by atoms with Crippen LogP contribution in [0.5, 0.6) is 5.75 Å². The summed E-state index contributed by atoms with van der Waals surface area (Å²) in [5.41, 5.74) is 12.2. The average molecular weight is 243 g/mol. The topological polar surface area (TPSA) is 78.3 Å². The molecule has 1 atom stereocenters. The Morgan fingerprint density at radius 3 is 2.69 bits per heavy atom. The number of carbonyl (C=O) groups excluding carboxylic acids is 1. The number of carbonyl (C=O) groups is 1. The predicted molar refractivity (Wildman–Crippen MR) is 64.5 cm³/mol. The van der Waals surface area contributed by atoms with Gasteiger partial charge in [0.25, 0.3) is 5.91 Å². The Balaban J connectivity index is 2.97. The minimum absolute atomic E-state index is 0.437. The third kappa shape index (κ3) is 2.58. The van der Waals surface area contributed by atoms with Crippen LogP contribution in [0.1, 0.15) is 18.9 Å². The molecule has 1 unspecified atom stereocenters. The van der Waals surface area contributed by atoms with Crippen molar-refractivity contribution in [1.82, 2.24) is 0 Å². The summed E-state index contributed by atoms with van der Waals surface area (Å²) < 4.78 is 5.43. The van der Waals surface area contributed by atoms with Gasteiger partial charge in [0.1, 0.15) is 5.75 Å². The lowest BCUT2D eigenvalue weighted by molar-refractivity contribution is -0.124. The number of amides is 1. The van der Waals surface area contributed by atoms with Crippen molar-refractivity contribution in [2.45, 2.75) is 26.4 Å². The van der Waals surface area contributed by atoms with Crippen LogP contribution in [-0.4, -0.2) is 12.0 Å². The van der Waals surface area contributed by atoms with Crippen molar-refractivity contribution in [3.63, 3.8) is 0 Å². The van der Waals surface area contributed by atoms with Crippen LogP contribution < -0.4 is 16.2 Å². The van der Waals surface area contributed by atoms with E-state index in [4.69, 9.17) is 27.8 Å². The number of halogens is 1. The van der Waals surface area contributed by atoms with Crippen molar-refractivity contribution in [1.29, 1.82) is 0 Å². The van der Waals surface area contributed by atoms with Crippen LogP contribution in [-0.2, 0) is 4.79 Å². The number of anilines is 1. The first-order valence-corrected chi connectivity index (χ1v) is 5.35. The number of nitrogen functional groups attached to an aromatic ring is 1. The Morgan fingerprint density at radius 2 is 2.19 bits per heavy atom. The zero-order valence-corrected chi connectivity index (χ0v) is 10.0. The molecule has 0 aliphatic heterocycles. The number of rotatable bonds is 4. The Kier molecular flexibility index (Phi) is 4.01. The van der Waals surface area contributed by atoms with Crippen LogP contribution in [0.15, 0.2) is 12.1 Å². The standard InChI is InChI=1S/C11H15ClN2O2/c1-3-8(11(14)15)16-9-5-4-7(12)6(2)10(9)13/h4-5,8H,3,13H2,1-2H3,(H2,14,15). The summed E-state index contributed by atoms with van der Waals surface area (Å²) in [6, 6.07) is 3.31. The average Bonchev–Trinajstić information content (AvgIpc) is 2.25. The molecule has 0 saturated carbocycles. The van der Waals surface area contributed by atoms with Gasteiger partial charge in [-0.2, -0.15) is 0 Å². The maximum Gasteiger partial charge on any atom is 0.258 e. The summed E-state index contributed by atoms with van der Waals surface area (Å²) in [4.78, 5) is 11.0. The molecule has 1 amide bonds. The number of hydrogen-bond donors (Lipinski definition) is 2. The Bertz CT molecular complexity index is 407. The number of primary amides is 1. The molecule has 16 heavy (non-hydrogen) atoms. The third-order valence-electron chi connectivity index (χ3n) is 2.37. The van der Waals surface area contributed by atoms with E-state index in [9.17, 15) is 4.79 Å². The highest BCUT2D eigenvalue weighted by Gasteiger charge is 2.17. The third-order valence-corrected chi connectivity index (χ3v) is 2.78. The van der Waals surface area contributed by atoms with Crippen LogP contribution in [0, 0.1) is 6.92 Å². The van der Waals surface area contributed by atoms with Crippen molar-refractivity contribution in [2.24, 2.45) is 5.73 Å². The number of nitrogens with two attached hydrogens (primary N) is 2. The molecular formula is C11H15ClN2O2. The smallest absolute Gasteiger partial charge is 0.258 e. The first kappa shape index (κ1) is 12.6. The van der Waals surface area contributed by atoms with Gasteiger partial charge in [0.15, 0.2) is 6.10 Å². The quantitative estimate of drug-likeness (QED) is 0.792. The lowest BCUT2D eigenvalue weighted by atomic mass is 10.2. The molecule has 88 valence electrons.